The van der Waals surface area contributed by atoms with Crippen LogP contribution in [0.3, 0.4) is 0 Å². The standard InChI is InChI=1S/C64H64N3O.Pt/c1-40(2)53-39-49(29-30-51(53)52-21-16-17-23-55(52)63(7,8)9)67-58-24-18-22-50(59(58)66-61(67)54-37-48(62(4,5)6)38-56(60(54)68)64(10,11)12)46-33-45(42-19-14-13-15-20-42)34-47(35-46)57-36-44(31-32-65-57)43-27-25-41(3)26-28-43;/h13-34,36-40,68H,1-12H3;/q-1;/i3D3,40D;. The van der Waals surface area contributed by atoms with Crippen LogP contribution < -0.4 is 0 Å². The number of imidazole rings is 1. The number of aromatic hydroxyl groups is 1. The van der Waals surface area contributed by atoms with E-state index in [0.29, 0.717) is 22.6 Å². The number of pyridine rings is 1. The van der Waals surface area contributed by atoms with Gasteiger partial charge in [-0.05, 0) is 104 Å². The van der Waals surface area contributed by atoms with Gasteiger partial charge in [-0.3, -0.25) is 9.55 Å². The molecule has 4 nitrogen and oxygen atoms in total. The topological polar surface area (TPSA) is 50.9 Å². The van der Waals surface area contributed by atoms with Crippen molar-refractivity contribution in [1.82, 2.24) is 14.5 Å². The zero-order valence-corrected chi connectivity index (χ0v) is 43.9. The summed E-state index contributed by atoms with van der Waals surface area (Å²) in [6.07, 6.45) is 1.78. The number of hydrogen-bond donors (Lipinski definition) is 1. The van der Waals surface area contributed by atoms with E-state index in [0.717, 1.165) is 83.5 Å². The Kier molecular flexibility index (Phi) is 12.0. The van der Waals surface area contributed by atoms with Gasteiger partial charge in [0, 0.05) is 49.7 Å². The van der Waals surface area contributed by atoms with Crippen LogP contribution >= 0.6 is 0 Å². The first-order valence-electron chi connectivity index (χ1n) is 25.6. The van der Waals surface area contributed by atoms with Gasteiger partial charge in [0.2, 0.25) is 0 Å². The molecule has 0 aliphatic heterocycles. The van der Waals surface area contributed by atoms with Crippen LogP contribution in [0.4, 0.5) is 0 Å². The summed E-state index contributed by atoms with van der Waals surface area (Å²) in [6.45, 7) is 21.4. The molecule has 0 bridgehead atoms. The summed E-state index contributed by atoms with van der Waals surface area (Å²) in [5.41, 5.74) is 15.6. The fraction of sp³-hybridized carbons (Fsp3) is 0.250. The summed E-state index contributed by atoms with van der Waals surface area (Å²) in [5, 5.41) is 12.6. The Morgan fingerprint density at radius 2 is 1.25 bits per heavy atom. The van der Waals surface area contributed by atoms with Crippen molar-refractivity contribution in [3.05, 3.63) is 192 Å². The van der Waals surface area contributed by atoms with Gasteiger partial charge in [0.15, 0.2) is 0 Å². The molecular formula is C64H64N3OPt-. The van der Waals surface area contributed by atoms with Gasteiger partial charge in [-0.2, -0.15) is 0 Å². The van der Waals surface area contributed by atoms with Crippen molar-refractivity contribution in [2.75, 3.05) is 0 Å². The number of hydrogen-bond acceptors (Lipinski definition) is 3. The molecule has 2 heterocycles. The fourth-order valence-corrected chi connectivity index (χ4v) is 9.33. The van der Waals surface area contributed by atoms with Crippen molar-refractivity contribution in [2.45, 2.75) is 105 Å². The third-order valence-corrected chi connectivity index (χ3v) is 13.1. The first kappa shape index (κ1) is 43.9. The third-order valence-electron chi connectivity index (χ3n) is 13.1. The molecule has 0 unspecified atom stereocenters. The Balaban J connectivity index is 0.00000711. The van der Waals surface area contributed by atoms with Crippen molar-refractivity contribution in [3.63, 3.8) is 0 Å². The molecule has 9 aromatic rings. The number of phenols is 1. The summed E-state index contributed by atoms with van der Waals surface area (Å²) < 4.78 is 35.5. The monoisotopic (exact) mass is 1090 g/mol. The van der Waals surface area contributed by atoms with E-state index in [-0.39, 0.29) is 43.1 Å². The van der Waals surface area contributed by atoms with E-state index in [2.05, 4.69) is 170 Å². The molecule has 0 atom stereocenters. The van der Waals surface area contributed by atoms with Gasteiger partial charge < -0.3 is 5.11 Å². The predicted molar refractivity (Wildman–Crippen MR) is 287 cm³/mol. The molecule has 0 radical (unpaired) electrons. The molecule has 0 spiro atoms. The molecule has 9 rings (SSSR count). The van der Waals surface area contributed by atoms with Crippen LogP contribution in [0.5, 0.6) is 5.75 Å². The average molecular weight is 1090 g/mol. The summed E-state index contributed by atoms with van der Waals surface area (Å²) in [5.74, 6) is -0.215. The van der Waals surface area contributed by atoms with E-state index >= 15 is 0 Å². The number of nitrogens with zero attached hydrogens (tertiary/aromatic N) is 3. The molecule has 0 saturated heterocycles. The molecule has 5 heteroatoms. The maximum absolute atomic E-state index is 12.6. The number of aryl methyl sites for hydroxylation is 1. The Hall–Kier alpha value is -6.35. The van der Waals surface area contributed by atoms with Crippen LogP contribution in [0.25, 0.3) is 83.9 Å². The van der Waals surface area contributed by atoms with E-state index in [9.17, 15) is 6.48 Å². The molecule has 7 aromatic carbocycles. The number of para-hydroxylation sites is 1. The number of rotatable bonds is 8. The smallest absolute Gasteiger partial charge is 0.148 e. The van der Waals surface area contributed by atoms with Crippen LogP contribution in [-0.4, -0.2) is 19.6 Å². The largest absolute Gasteiger partial charge is 0.507 e. The Bertz CT molecular complexity index is 3490. The quantitative estimate of drug-likeness (QED) is 0.154. The second-order valence-electron chi connectivity index (χ2n) is 21.5. The molecule has 2 aromatic heterocycles. The van der Waals surface area contributed by atoms with Crippen LogP contribution in [0.15, 0.2) is 158 Å². The minimum Gasteiger partial charge on any atom is -0.507 e. The van der Waals surface area contributed by atoms with Gasteiger partial charge in [0.05, 0.1) is 16.6 Å². The second kappa shape index (κ2) is 18.9. The van der Waals surface area contributed by atoms with Gasteiger partial charge >= 0.3 is 0 Å². The molecule has 0 amide bonds. The fourth-order valence-electron chi connectivity index (χ4n) is 9.33. The molecule has 0 aliphatic carbocycles. The maximum atomic E-state index is 12.6. The Morgan fingerprint density at radius 1 is 0.580 bits per heavy atom. The Labute approximate surface area is 430 Å². The van der Waals surface area contributed by atoms with Crippen LogP contribution in [0.1, 0.15) is 115 Å². The van der Waals surface area contributed by atoms with E-state index in [1.165, 1.54) is 5.56 Å². The van der Waals surface area contributed by atoms with E-state index in [4.69, 9.17) is 14.1 Å². The van der Waals surface area contributed by atoms with Crippen molar-refractivity contribution >= 4 is 11.0 Å². The van der Waals surface area contributed by atoms with Gasteiger partial charge in [-0.1, -0.05) is 208 Å². The summed E-state index contributed by atoms with van der Waals surface area (Å²) in [6, 6.07) is 54.7. The zero-order valence-electron chi connectivity index (χ0n) is 45.6. The van der Waals surface area contributed by atoms with Gasteiger partial charge in [-0.15, -0.1) is 23.8 Å². The summed E-state index contributed by atoms with van der Waals surface area (Å²) in [4.78, 5) is 10.5. The van der Waals surface area contributed by atoms with E-state index in [1.807, 2.05) is 56.3 Å². The normalized spacial score (nSPS) is 13.3. The maximum Gasteiger partial charge on any atom is 0.148 e. The minimum absolute atomic E-state index is 0. The summed E-state index contributed by atoms with van der Waals surface area (Å²) in [7, 11) is 0. The molecule has 0 fully saturated rings. The van der Waals surface area contributed by atoms with Gasteiger partial charge in [-0.25, -0.2) is 4.98 Å². The molecule has 1 N–H and O–H groups in total. The van der Waals surface area contributed by atoms with Crippen molar-refractivity contribution in [3.8, 4) is 78.6 Å². The number of fused-ring (bicyclic) bond motifs is 1. The van der Waals surface area contributed by atoms with Crippen molar-refractivity contribution in [1.29, 1.82) is 0 Å². The molecule has 0 aliphatic rings. The van der Waals surface area contributed by atoms with Crippen molar-refractivity contribution in [2.24, 2.45) is 0 Å². The first-order valence-corrected chi connectivity index (χ1v) is 23.6. The number of phenolic OH excluding ortho intramolecular Hbond substituents is 1. The van der Waals surface area contributed by atoms with E-state index < -0.39 is 12.7 Å². The molecule has 69 heavy (non-hydrogen) atoms. The minimum atomic E-state index is -2.19. The van der Waals surface area contributed by atoms with Gasteiger partial charge in [0.1, 0.15) is 11.6 Å². The zero-order chi connectivity index (χ0) is 51.7. The molecule has 0 saturated carbocycles. The SMILES string of the molecule is [2H]C([2H])([2H])c1ccc(-c2ccnc(-c3[c-]c(-c4cccc5c4nc(-c4cc(C(C)(C)C)cc(C(C)(C)C)c4O)n5-c4ccc(-c5ccccc5C(C)(C)C)c(C([2H])(C)C)c4)cc(-c4ccccc4)c3)c2)cc1.[Pt]. The van der Waals surface area contributed by atoms with Crippen molar-refractivity contribution < 1.29 is 31.7 Å². The van der Waals surface area contributed by atoms with E-state index in [1.54, 1.807) is 18.3 Å². The first-order chi connectivity index (χ1) is 33.8. The average Bonchev–Trinajstić information content (AvgIpc) is 3.72. The summed E-state index contributed by atoms with van der Waals surface area (Å²) >= 11 is 0. The molecule has 352 valence electrons. The second-order valence-corrected chi connectivity index (χ2v) is 21.5. The molecular weight excluding hydrogens is 1020 g/mol. The van der Waals surface area contributed by atoms with Crippen LogP contribution in [0, 0.1) is 12.9 Å². The number of aromatic nitrogens is 3. The van der Waals surface area contributed by atoms with Crippen LogP contribution in [0.2, 0.25) is 0 Å². The number of benzene rings is 7. The Morgan fingerprint density at radius 3 is 1.93 bits per heavy atom. The van der Waals surface area contributed by atoms with Gasteiger partial charge in [0.25, 0.3) is 0 Å². The predicted octanol–water partition coefficient (Wildman–Crippen LogP) is 17.3. The van der Waals surface area contributed by atoms with Crippen LogP contribution in [-0.2, 0) is 37.3 Å². The third kappa shape index (κ3) is 9.79.